The second kappa shape index (κ2) is 16.9. The summed E-state index contributed by atoms with van der Waals surface area (Å²) in [5.41, 5.74) is 7.30. The molecule has 0 amide bonds. The highest BCUT2D eigenvalue weighted by Crippen LogP contribution is 2.36. The zero-order valence-corrected chi connectivity index (χ0v) is 37.3. The molecule has 0 fully saturated rings. The predicted molar refractivity (Wildman–Crippen MR) is 243 cm³/mol. The number of rotatable bonds is 10. The van der Waals surface area contributed by atoms with Crippen LogP contribution in [0.1, 0.15) is 16.7 Å². The number of hydrogen-bond acceptors (Lipinski definition) is 13. The average Bonchev–Trinajstić information content (AvgIpc) is 4.13. The first kappa shape index (κ1) is 44.9. The van der Waals surface area contributed by atoms with E-state index in [1.807, 2.05) is 70.6 Å². The fourth-order valence-electron chi connectivity index (χ4n) is 7.87. The lowest BCUT2D eigenvalue weighted by molar-refractivity contribution is -0.136. The average molecular weight is 997 g/mol. The highest BCUT2D eigenvalue weighted by Gasteiger charge is 2.28. The summed E-state index contributed by atoms with van der Waals surface area (Å²) in [5, 5.41) is 22.0. The largest absolute Gasteiger partial charge is 0.481 e. The normalized spacial score (nSPS) is 12.3. The van der Waals surface area contributed by atoms with Gasteiger partial charge in [-0.1, -0.05) is 72.8 Å². The molecule has 0 spiro atoms. The third-order valence-corrected chi connectivity index (χ3v) is 12.5. The van der Waals surface area contributed by atoms with Gasteiger partial charge in [-0.05, 0) is 94.2 Å². The smallest absolute Gasteiger partial charge is 0.425 e. The molecule has 0 aliphatic carbocycles. The van der Waals surface area contributed by atoms with E-state index in [1.54, 1.807) is 78.9 Å². The SMILES string of the molecule is O=C(O)Cc1cc(-n2n3c4ccc5cc(S(=O)(=O)O)ccc5c4n23)ccc1N=Nc1ccc(C=Cc2ccc(-n3n4c5ccc6ccccc6c5n34)cc2S(=O)(=O)O)cc1.O=S(=O)=O.O=S(=O)=O. The Morgan fingerprint density at radius 2 is 1.15 bits per heavy atom. The number of fused-ring (bicyclic) bond motifs is 12. The third-order valence-electron chi connectivity index (χ3n) is 10.7. The van der Waals surface area contributed by atoms with Crippen molar-refractivity contribution in [2.24, 2.45) is 10.2 Å². The molecule has 11 aromatic rings. The van der Waals surface area contributed by atoms with E-state index in [2.05, 4.69) is 10.2 Å². The number of carboxylic acid groups (broad SMARTS) is 1. The van der Waals surface area contributed by atoms with Gasteiger partial charge in [-0.15, -0.1) is 43.8 Å². The maximum absolute atomic E-state index is 12.6. The first-order valence-electron chi connectivity index (χ1n) is 19.4. The summed E-state index contributed by atoms with van der Waals surface area (Å²) in [5.74, 6) is -1.04. The first-order chi connectivity index (χ1) is 32.3. The minimum atomic E-state index is -4.58. The topological polar surface area (TPSA) is 301 Å². The maximum Gasteiger partial charge on any atom is 0.425 e. The van der Waals surface area contributed by atoms with Crippen molar-refractivity contribution in [3.05, 3.63) is 144 Å². The number of benzene rings is 7. The second-order valence-corrected chi connectivity index (χ2v) is 18.4. The molecule has 0 bridgehead atoms. The zero-order chi connectivity index (χ0) is 48.4. The molecule has 0 aliphatic rings. The van der Waals surface area contributed by atoms with E-state index >= 15 is 0 Å². The number of aromatic nitrogens is 6. The minimum absolute atomic E-state index is 0.198. The predicted octanol–water partition coefficient (Wildman–Crippen LogP) is 6.16. The van der Waals surface area contributed by atoms with Crippen LogP contribution in [-0.4, -0.2) is 90.4 Å². The molecule has 0 atom stereocenters. The molecule has 26 heteroatoms. The maximum atomic E-state index is 12.6. The van der Waals surface area contributed by atoms with Gasteiger partial charge in [0.2, 0.25) is 0 Å². The Hall–Kier alpha value is -8.27. The van der Waals surface area contributed by atoms with Crippen LogP contribution in [0.25, 0.3) is 67.1 Å². The van der Waals surface area contributed by atoms with Crippen LogP contribution in [-0.2, 0) is 52.7 Å². The van der Waals surface area contributed by atoms with E-state index in [9.17, 15) is 35.8 Å². The lowest BCUT2D eigenvalue weighted by Crippen LogP contribution is -2.02. The molecule has 0 radical (unpaired) electrons. The Bertz CT molecular complexity index is 4310. The van der Waals surface area contributed by atoms with Gasteiger partial charge in [-0.25, -0.2) is 0 Å². The zero-order valence-electron chi connectivity index (χ0n) is 34.0. The second-order valence-electron chi connectivity index (χ2n) is 14.8. The summed E-state index contributed by atoms with van der Waals surface area (Å²) < 4.78 is 126. The number of carboxylic acids is 1. The Balaban J connectivity index is 0.000000672. The number of aliphatic carboxylic acids is 1. The van der Waals surface area contributed by atoms with Crippen molar-refractivity contribution < 1.29 is 61.1 Å². The van der Waals surface area contributed by atoms with E-state index in [1.165, 1.54) is 18.2 Å². The van der Waals surface area contributed by atoms with Gasteiger partial charge in [-0.3, -0.25) is 13.9 Å². The fourth-order valence-corrected chi connectivity index (χ4v) is 9.09. The van der Waals surface area contributed by atoms with Crippen LogP contribution in [0.2, 0.25) is 0 Å². The fraction of sp³-hybridized carbons (Fsp3) is 0.0238. The molecule has 0 aliphatic heterocycles. The van der Waals surface area contributed by atoms with Crippen LogP contribution < -0.4 is 0 Å². The van der Waals surface area contributed by atoms with Crippen LogP contribution in [0, 0.1) is 0 Å². The van der Waals surface area contributed by atoms with Crippen LogP contribution in [0.4, 0.5) is 11.4 Å². The van der Waals surface area contributed by atoms with Crippen molar-refractivity contribution in [1.82, 2.24) is 28.1 Å². The summed E-state index contributed by atoms with van der Waals surface area (Å²) in [6.45, 7) is 0. The summed E-state index contributed by atoms with van der Waals surface area (Å²) in [7, 11) is -15.2. The van der Waals surface area contributed by atoms with Crippen molar-refractivity contribution in [3.63, 3.8) is 0 Å². The van der Waals surface area contributed by atoms with Crippen molar-refractivity contribution >= 4 is 115 Å². The van der Waals surface area contributed by atoms with Gasteiger partial charge in [-0.2, -0.15) is 36.7 Å². The Kier molecular flexibility index (Phi) is 11.1. The van der Waals surface area contributed by atoms with Gasteiger partial charge in [0.25, 0.3) is 20.2 Å². The minimum Gasteiger partial charge on any atom is -0.481 e. The lowest BCUT2D eigenvalue weighted by Gasteiger charge is -2.05. The van der Waals surface area contributed by atoms with Crippen LogP contribution in [0.5, 0.6) is 0 Å². The summed E-state index contributed by atoms with van der Waals surface area (Å²) in [4.78, 5) is 15.1. The van der Waals surface area contributed by atoms with Crippen molar-refractivity contribution in [2.75, 3.05) is 0 Å². The number of nitrogens with zero attached hydrogens (tertiary/aromatic N) is 8. The monoisotopic (exact) mass is 996 g/mol. The van der Waals surface area contributed by atoms with E-state index in [0.29, 0.717) is 39.3 Å². The molecule has 0 saturated carbocycles. The number of hydrogen-bond donors (Lipinski definition) is 3. The molecule has 68 heavy (non-hydrogen) atoms. The van der Waals surface area contributed by atoms with Gasteiger partial charge in [0, 0.05) is 10.8 Å². The van der Waals surface area contributed by atoms with Crippen molar-refractivity contribution in [2.45, 2.75) is 16.2 Å². The number of azo groups is 1. The quantitative estimate of drug-likeness (QED) is 0.0786. The molecule has 344 valence electrons. The Morgan fingerprint density at radius 3 is 1.75 bits per heavy atom. The van der Waals surface area contributed by atoms with Crippen LogP contribution >= 0.6 is 0 Å². The summed E-state index contributed by atoms with van der Waals surface area (Å²) in [6, 6.07) is 37.2. The lowest BCUT2D eigenvalue weighted by atomic mass is 10.1. The van der Waals surface area contributed by atoms with Gasteiger partial charge < -0.3 is 5.11 Å². The highest BCUT2D eigenvalue weighted by molar-refractivity contribution is 7.86. The molecule has 0 saturated heterocycles. The molecule has 11 rings (SSSR count). The van der Waals surface area contributed by atoms with Gasteiger partial charge in [0.1, 0.15) is 27.0 Å². The molecular weight excluding hydrogens is 969 g/mol. The molecular formula is C42H28N8O14S4. The molecule has 22 nitrogen and oxygen atoms in total. The molecule has 4 heterocycles. The van der Waals surface area contributed by atoms with Crippen LogP contribution in [0.3, 0.4) is 0 Å². The molecule has 7 aromatic carbocycles. The summed E-state index contributed by atoms with van der Waals surface area (Å²) >= 11 is 0. The Morgan fingerprint density at radius 1 is 0.574 bits per heavy atom. The molecule has 0 unspecified atom stereocenters. The summed E-state index contributed by atoms with van der Waals surface area (Å²) in [6.07, 6.45) is 3.02. The van der Waals surface area contributed by atoms with Gasteiger partial charge >= 0.3 is 27.2 Å². The van der Waals surface area contributed by atoms with E-state index in [-0.39, 0.29) is 16.2 Å². The van der Waals surface area contributed by atoms with Gasteiger partial charge in [0.05, 0.1) is 34.1 Å². The van der Waals surface area contributed by atoms with Gasteiger partial charge in [0.15, 0.2) is 0 Å². The van der Waals surface area contributed by atoms with E-state index in [4.69, 9.17) is 25.3 Å². The van der Waals surface area contributed by atoms with E-state index < -0.39 is 47.4 Å². The van der Waals surface area contributed by atoms with Crippen molar-refractivity contribution in [3.8, 4) is 11.4 Å². The third kappa shape index (κ3) is 8.51. The Labute approximate surface area is 383 Å². The van der Waals surface area contributed by atoms with E-state index in [0.717, 1.165) is 43.8 Å². The molecule has 4 aromatic heterocycles. The van der Waals surface area contributed by atoms with Crippen molar-refractivity contribution in [1.29, 1.82) is 0 Å². The standard InChI is InChI=1S/C42H28N8O8S2.2O3S/c51-40(52)23-29-21-31(45-47-38-20-11-28-22-33(59(53,54)55)16-17-35(28)42(38)50(45)47)15-18-36(29)44-43-30-12-6-25(7-13-30)5-8-27-9-14-32(24-39(27)60(56,57)58)46-48-37-19-10-26-3-1-2-4-34(26)41(37)49(46)48;2*1-4(2)3/h1-22,24H,23H2,(H,51,52)(H,53,54,55)(H,56,57,58);;. The first-order valence-corrected chi connectivity index (χ1v) is 24.2. The molecule has 3 N–H and O–H groups in total. The van der Waals surface area contributed by atoms with Crippen LogP contribution in [0.15, 0.2) is 147 Å². The number of carbonyl (C=O) groups is 1. The highest BCUT2D eigenvalue weighted by atomic mass is 32.2.